The number of carbonyl (C=O) groups excluding carboxylic acids is 2. The number of carbonyl (C=O) groups is 2. The Balaban J connectivity index is 0.00000192. The molecule has 5 nitrogen and oxygen atoms in total. The van der Waals surface area contributed by atoms with Crippen LogP contribution in [0.1, 0.15) is 36.0 Å². The highest BCUT2D eigenvalue weighted by Gasteiger charge is 2.29. The molecule has 126 valence electrons. The van der Waals surface area contributed by atoms with Crippen molar-refractivity contribution in [2.24, 2.45) is 5.92 Å². The van der Waals surface area contributed by atoms with Crippen molar-refractivity contribution in [3.05, 3.63) is 29.8 Å². The van der Waals surface area contributed by atoms with Gasteiger partial charge in [0.05, 0.1) is 0 Å². The van der Waals surface area contributed by atoms with E-state index in [9.17, 15) is 9.59 Å². The molecule has 1 saturated carbocycles. The van der Waals surface area contributed by atoms with Gasteiger partial charge in [0.25, 0.3) is 5.91 Å². The molecule has 0 radical (unpaired) electrons. The maximum absolute atomic E-state index is 12.6. The molecule has 0 spiro atoms. The molecule has 1 aliphatic carbocycles. The molecule has 0 bridgehead atoms. The third-order valence-electron chi connectivity index (χ3n) is 4.44. The molecule has 1 aliphatic heterocycles. The van der Waals surface area contributed by atoms with Gasteiger partial charge in [-0.3, -0.25) is 9.59 Å². The van der Waals surface area contributed by atoms with Crippen molar-refractivity contribution in [1.29, 1.82) is 0 Å². The summed E-state index contributed by atoms with van der Waals surface area (Å²) in [5.74, 6) is 0.276. The third-order valence-corrected chi connectivity index (χ3v) is 4.44. The molecule has 0 aromatic heterocycles. The molecule has 2 N–H and O–H groups in total. The molecule has 23 heavy (non-hydrogen) atoms. The Morgan fingerprint density at radius 3 is 2.70 bits per heavy atom. The van der Waals surface area contributed by atoms with E-state index in [0.29, 0.717) is 17.3 Å². The minimum atomic E-state index is 0. The summed E-state index contributed by atoms with van der Waals surface area (Å²) >= 11 is 0. The molecule has 6 heteroatoms. The van der Waals surface area contributed by atoms with Crippen molar-refractivity contribution in [2.75, 3.05) is 25.5 Å². The van der Waals surface area contributed by atoms with E-state index in [1.165, 1.54) is 0 Å². The highest BCUT2D eigenvalue weighted by atomic mass is 35.5. The highest BCUT2D eigenvalue weighted by Crippen LogP contribution is 2.30. The number of likely N-dealkylation sites (N-methyl/N-ethyl adjacent to an activating group) is 1. The van der Waals surface area contributed by atoms with Crippen LogP contribution in [-0.2, 0) is 4.79 Å². The summed E-state index contributed by atoms with van der Waals surface area (Å²) in [4.78, 5) is 26.4. The molecule has 3 rings (SSSR count). The molecule has 2 fully saturated rings. The first-order chi connectivity index (χ1) is 10.7. The van der Waals surface area contributed by atoms with Gasteiger partial charge in [-0.1, -0.05) is 6.07 Å². The number of hydrogen-bond acceptors (Lipinski definition) is 3. The van der Waals surface area contributed by atoms with E-state index in [1.807, 2.05) is 30.1 Å². The monoisotopic (exact) mass is 337 g/mol. The number of amides is 2. The topological polar surface area (TPSA) is 61.4 Å². The fourth-order valence-electron chi connectivity index (χ4n) is 2.90. The second-order valence-electron chi connectivity index (χ2n) is 6.22. The quantitative estimate of drug-likeness (QED) is 0.886. The SMILES string of the molecule is CNC1CCCN(C(=O)c2cccc(NC(=O)C3CC3)c2)C1.Cl. The van der Waals surface area contributed by atoms with Crippen LogP contribution in [0.25, 0.3) is 0 Å². The maximum atomic E-state index is 12.6. The van der Waals surface area contributed by atoms with Crippen molar-refractivity contribution >= 4 is 29.9 Å². The zero-order valence-corrected chi connectivity index (χ0v) is 14.2. The van der Waals surface area contributed by atoms with Crippen LogP contribution in [0.3, 0.4) is 0 Å². The maximum Gasteiger partial charge on any atom is 0.253 e. The molecule has 1 atom stereocenters. The van der Waals surface area contributed by atoms with Crippen molar-refractivity contribution < 1.29 is 9.59 Å². The summed E-state index contributed by atoms with van der Waals surface area (Å²) in [6.45, 7) is 1.55. The lowest BCUT2D eigenvalue weighted by molar-refractivity contribution is -0.117. The lowest BCUT2D eigenvalue weighted by Gasteiger charge is -2.32. The van der Waals surface area contributed by atoms with Gasteiger partial charge in [0, 0.05) is 36.3 Å². The van der Waals surface area contributed by atoms with Gasteiger partial charge in [-0.05, 0) is 50.9 Å². The fourth-order valence-corrected chi connectivity index (χ4v) is 2.90. The molecule has 1 heterocycles. The number of halogens is 1. The molecule has 1 unspecified atom stereocenters. The first-order valence-corrected chi connectivity index (χ1v) is 8.05. The fraction of sp³-hybridized carbons (Fsp3) is 0.529. The lowest BCUT2D eigenvalue weighted by atomic mass is 10.0. The van der Waals surface area contributed by atoms with E-state index in [2.05, 4.69) is 10.6 Å². The lowest BCUT2D eigenvalue weighted by Crippen LogP contribution is -2.46. The second kappa shape index (κ2) is 7.79. The number of anilines is 1. The first kappa shape index (κ1) is 17.8. The first-order valence-electron chi connectivity index (χ1n) is 8.05. The Bertz CT molecular complexity index is 575. The van der Waals surface area contributed by atoms with Crippen LogP contribution in [-0.4, -0.2) is 42.9 Å². The Morgan fingerprint density at radius 1 is 1.22 bits per heavy atom. The minimum absolute atomic E-state index is 0. The second-order valence-corrected chi connectivity index (χ2v) is 6.22. The van der Waals surface area contributed by atoms with Crippen molar-refractivity contribution in [3.63, 3.8) is 0 Å². The summed E-state index contributed by atoms with van der Waals surface area (Å²) in [6, 6.07) is 7.64. The summed E-state index contributed by atoms with van der Waals surface area (Å²) in [7, 11) is 1.94. The van der Waals surface area contributed by atoms with Gasteiger partial charge in [0.2, 0.25) is 5.91 Å². The van der Waals surface area contributed by atoms with Crippen LogP contribution in [0.2, 0.25) is 0 Å². The van der Waals surface area contributed by atoms with E-state index >= 15 is 0 Å². The van der Waals surface area contributed by atoms with Crippen LogP contribution in [0.5, 0.6) is 0 Å². The van der Waals surface area contributed by atoms with Gasteiger partial charge in [-0.15, -0.1) is 12.4 Å². The van der Waals surface area contributed by atoms with E-state index < -0.39 is 0 Å². The Labute approximate surface area is 143 Å². The summed E-state index contributed by atoms with van der Waals surface area (Å²) < 4.78 is 0. The highest BCUT2D eigenvalue weighted by molar-refractivity contribution is 5.98. The van der Waals surface area contributed by atoms with E-state index in [1.54, 1.807) is 6.07 Å². The number of nitrogens with one attached hydrogen (secondary N) is 2. The van der Waals surface area contributed by atoms with Crippen molar-refractivity contribution in [2.45, 2.75) is 31.7 Å². The Morgan fingerprint density at radius 2 is 2.00 bits per heavy atom. The molecule has 1 aromatic carbocycles. The Kier molecular flexibility index (Phi) is 6.02. The average molecular weight is 338 g/mol. The van der Waals surface area contributed by atoms with Gasteiger partial charge in [-0.25, -0.2) is 0 Å². The average Bonchev–Trinajstić information content (AvgIpc) is 3.39. The molecular formula is C17H24ClN3O2. The largest absolute Gasteiger partial charge is 0.337 e. The van der Waals surface area contributed by atoms with Crippen LogP contribution < -0.4 is 10.6 Å². The van der Waals surface area contributed by atoms with Gasteiger partial charge >= 0.3 is 0 Å². The number of likely N-dealkylation sites (tertiary alicyclic amines) is 1. The number of benzene rings is 1. The van der Waals surface area contributed by atoms with Gasteiger partial charge < -0.3 is 15.5 Å². The smallest absolute Gasteiger partial charge is 0.253 e. The van der Waals surface area contributed by atoms with Crippen LogP contribution in [0.4, 0.5) is 5.69 Å². The summed E-state index contributed by atoms with van der Waals surface area (Å²) in [5.41, 5.74) is 1.36. The summed E-state index contributed by atoms with van der Waals surface area (Å²) in [6.07, 6.45) is 4.08. The third kappa shape index (κ3) is 4.45. The zero-order chi connectivity index (χ0) is 15.5. The zero-order valence-electron chi connectivity index (χ0n) is 13.4. The van der Waals surface area contributed by atoms with Crippen LogP contribution >= 0.6 is 12.4 Å². The summed E-state index contributed by atoms with van der Waals surface area (Å²) in [5, 5.41) is 6.15. The minimum Gasteiger partial charge on any atom is -0.337 e. The normalized spacial score (nSPS) is 20.6. The van der Waals surface area contributed by atoms with Crippen LogP contribution in [0, 0.1) is 5.92 Å². The number of nitrogens with zero attached hydrogens (tertiary/aromatic N) is 1. The molecule has 1 saturated heterocycles. The van der Waals surface area contributed by atoms with E-state index in [-0.39, 0.29) is 30.1 Å². The van der Waals surface area contributed by atoms with Gasteiger partial charge in [0.15, 0.2) is 0 Å². The molecule has 1 aromatic rings. The molecule has 2 aliphatic rings. The molecular weight excluding hydrogens is 314 g/mol. The predicted octanol–water partition coefficient (Wildman–Crippen LogP) is 2.28. The number of piperidine rings is 1. The Hall–Kier alpha value is -1.59. The number of hydrogen-bond donors (Lipinski definition) is 2. The van der Waals surface area contributed by atoms with E-state index in [0.717, 1.165) is 38.8 Å². The van der Waals surface area contributed by atoms with E-state index in [4.69, 9.17) is 0 Å². The molecule has 2 amide bonds. The standard InChI is InChI=1S/C17H23N3O2.ClH/c1-18-15-6-3-9-20(11-15)17(22)13-4-2-5-14(10-13)19-16(21)12-7-8-12;/h2,4-5,10,12,15,18H,3,6-9,11H2,1H3,(H,19,21);1H. The van der Waals surface area contributed by atoms with Gasteiger partial charge in [0.1, 0.15) is 0 Å². The number of rotatable bonds is 4. The predicted molar refractivity (Wildman–Crippen MR) is 93.0 cm³/mol. The van der Waals surface area contributed by atoms with Crippen molar-refractivity contribution in [1.82, 2.24) is 10.2 Å². The van der Waals surface area contributed by atoms with Crippen LogP contribution in [0.15, 0.2) is 24.3 Å². The van der Waals surface area contributed by atoms with Gasteiger partial charge in [-0.2, -0.15) is 0 Å². The van der Waals surface area contributed by atoms with Crippen molar-refractivity contribution in [3.8, 4) is 0 Å².